The summed E-state index contributed by atoms with van der Waals surface area (Å²) < 4.78 is 0. The second kappa shape index (κ2) is 16.2. The number of carbonyl (C=O) groups is 5. The third-order valence-electron chi connectivity index (χ3n) is 6.14. The van der Waals surface area contributed by atoms with Gasteiger partial charge in [-0.15, -0.1) is 0 Å². The number of benzene rings is 1. The maximum atomic E-state index is 13.2. The molecule has 10 N–H and O–H groups in total. The van der Waals surface area contributed by atoms with Crippen LogP contribution in [0.2, 0.25) is 0 Å². The zero-order valence-electron chi connectivity index (χ0n) is 21.7. The Labute approximate surface area is 221 Å². The number of phenols is 1. The molecular weight excluding hydrogens is 498 g/mol. The molecule has 0 aliphatic heterocycles. The van der Waals surface area contributed by atoms with Crippen LogP contribution in [0.1, 0.15) is 51.5 Å². The molecule has 0 fully saturated rings. The zero-order chi connectivity index (χ0) is 28.8. The molecule has 0 saturated heterocycles. The summed E-state index contributed by atoms with van der Waals surface area (Å²) in [5.74, 6) is -5.37. The van der Waals surface area contributed by atoms with E-state index >= 15 is 0 Å². The zero-order valence-corrected chi connectivity index (χ0v) is 21.7. The Balaban J connectivity index is 3.13. The van der Waals surface area contributed by atoms with Gasteiger partial charge in [0.2, 0.25) is 17.7 Å². The van der Waals surface area contributed by atoms with Crippen molar-refractivity contribution in [2.24, 2.45) is 17.4 Å². The first-order chi connectivity index (χ1) is 17.9. The molecule has 0 spiro atoms. The average Bonchev–Trinajstić information content (AvgIpc) is 2.87. The van der Waals surface area contributed by atoms with Crippen molar-refractivity contribution in [1.29, 1.82) is 0 Å². The van der Waals surface area contributed by atoms with Crippen LogP contribution in [0.4, 0.5) is 0 Å². The minimum absolute atomic E-state index is 0.00443. The molecule has 3 amide bonds. The molecule has 0 radical (unpaired) electrons. The van der Waals surface area contributed by atoms with E-state index in [1.54, 1.807) is 6.92 Å². The van der Waals surface area contributed by atoms with Gasteiger partial charge >= 0.3 is 11.9 Å². The van der Waals surface area contributed by atoms with Crippen LogP contribution in [-0.2, 0) is 30.4 Å². The first kappa shape index (κ1) is 32.3. The molecule has 13 heteroatoms. The molecule has 0 aliphatic carbocycles. The molecule has 1 aromatic rings. The van der Waals surface area contributed by atoms with Crippen molar-refractivity contribution in [2.45, 2.75) is 76.5 Å². The molecule has 1 rings (SSSR count). The Morgan fingerprint density at radius 2 is 1.42 bits per heavy atom. The molecule has 0 aliphatic rings. The monoisotopic (exact) mass is 537 g/mol. The van der Waals surface area contributed by atoms with E-state index in [4.69, 9.17) is 11.5 Å². The van der Waals surface area contributed by atoms with Crippen molar-refractivity contribution < 1.29 is 39.3 Å². The van der Waals surface area contributed by atoms with Crippen molar-refractivity contribution in [3.05, 3.63) is 29.8 Å². The lowest BCUT2D eigenvalue weighted by molar-refractivity contribution is -0.143. The maximum Gasteiger partial charge on any atom is 0.326 e. The summed E-state index contributed by atoms with van der Waals surface area (Å²) in [4.78, 5) is 61.8. The lowest BCUT2D eigenvalue weighted by atomic mass is 9.98. The SMILES string of the molecule is CCC(C)C(N)C(=O)NC(Cc1ccc(O)cc1)C(=O)NC(CC(=O)O)C(=O)NC(CCCCN)C(=O)O. The third kappa shape index (κ3) is 11.1. The smallest absolute Gasteiger partial charge is 0.326 e. The van der Waals surface area contributed by atoms with E-state index in [0.29, 0.717) is 31.4 Å². The Hall–Kier alpha value is -3.71. The maximum absolute atomic E-state index is 13.2. The number of aliphatic carboxylic acids is 2. The summed E-state index contributed by atoms with van der Waals surface area (Å²) in [7, 11) is 0. The Bertz CT molecular complexity index is 956. The highest BCUT2D eigenvalue weighted by atomic mass is 16.4. The van der Waals surface area contributed by atoms with Gasteiger partial charge in [0.15, 0.2) is 0 Å². The van der Waals surface area contributed by atoms with E-state index in [-0.39, 0.29) is 24.5 Å². The number of amides is 3. The standard InChI is InChI=1S/C25H39N5O8/c1-3-14(2)21(27)24(36)30-18(12-15-7-9-16(31)10-8-15)22(34)29-19(13-20(32)33)23(35)28-17(25(37)38)6-4-5-11-26/h7-10,14,17-19,21,31H,3-6,11-13,26-27H2,1-2H3,(H,28,35)(H,29,34)(H,30,36)(H,32,33)(H,37,38). The number of nitrogens with one attached hydrogen (secondary N) is 3. The van der Waals surface area contributed by atoms with Crippen LogP contribution in [-0.4, -0.2) is 75.7 Å². The normalized spacial score (nSPS) is 14.8. The Kier molecular flexibility index (Phi) is 13.8. The van der Waals surface area contributed by atoms with E-state index in [9.17, 15) is 39.3 Å². The summed E-state index contributed by atoms with van der Waals surface area (Å²) in [6, 6.07) is 0.793. The molecule has 1 aromatic carbocycles. The van der Waals surface area contributed by atoms with Crippen LogP contribution >= 0.6 is 0 Å². The van der Waals surface area contributed by atoms with Crippen LogP contribution in [0.5, 0.6) is 5.75 Å². The number of unbranched alkanes of at least 4 members (excludes halogenated alkanes) is 1. The van der Waals surface area contributed by atoms with E-state index in [0.717, 1.165) is 0 Å². The van der Waals surface area contributed by atoms with Gasteiger partial charge in [-0.1, -0.05) is 32.4 Å². The van der Waals surface area contributed by atoms with Crippen LogP contribution in [0.3, 0.4) is 0 Å². The van der Waals surface area contributed by atoms with E-state index in [1.807, 2.05) is 6.92 Å². The van der Waals surface area contributed by atoms with Crippen molar-refractivity contribution in [3.63, 3.8) is 0 Å². The van der Waals surface area contributed by atoms with Gasteiger partial charge in [0.1, 0.15) is 23.9 Å². The minimum atomic E-state index is -1.61. The highest BCUT2D eigenvalue weighted by molar-refractivity contribution is 5.95. The van der Waals surface area contributed by atoms with Crippen LogP contribution in [0.25, 0.3) is 0 Å². The van der Waals surface area contributed by atoms with E-state index < -0.39 is 60.2 Å². The van der Waals surface area contributed by atoms with Gasteiger partial charge in [0.25, 0.3) is 0 Å². The number of hydrogen-bond acceptors (Lipinski definition) is 8. The molecule has 38 heavy (non-hydrogen) atoms. The molecule has 0 bridgehead atoms. The molecule has 5 atom stereocenters. The summed E-state index contributed by atoms with van der Waals surface area (Å²) in [6.45, 7) is 3.97. The topological polar surface area (TPSA) is 234 Å². The number of nitrogens with two attached hydrogens (primary N) is 2. The predicted octanol–water partition coefficient (Wildman–Crippen LogP) is -0.549. The van der Waals surface area contributed by atoms with Gasteiger partial charge in [-0.3, -0.25) is 19.2 Å². The fraction of sp³-hybridized carbons (Fsp3) is 0.560. The average molecular weight is 538 g/mol. The predicted molar refractivity (Wildman–Crippen MR) is 138 cm³/mol. The Morgan fingerprint density at radius 1 is 0.868 bits per heavy atom. The number of carboxylic acids is 2. The van der Waals surface area contributed by atoms with Crippen molar-refractivity contribution >= 4 is 29.7 Å². The second-order valence-electron chi connectivity index (χ2n) is 9.19. The third-order valence-corrected chi connectivity index (χ3v) is 6.14. The number of carboxylic acid groups (broad SMARTS) is 2. The van der Waals surface area contributed by atoms with Crippen molar-refractivity contribution in [3.8, 4) is 5.75 Å². The van der Waals surface area contributed by atoms with Crippen LogP contribution in [0.15, 0.2) is 24.3 Å². The molecular formula is C25H39N5O8. The van der Waals surface area contributed by atoms with Gasteiger partial charge in [-0.25, -0.2) is 4.79 Å². The Morgan fingerprint density at radius 3 is 1.95 bits per heavy atom. The van der Waals surface area contributed by atoms with Crippen LogP contribution in [0, 0.1) is 5.92 Å². The molecule has 0 heterocycles. The number of aromatic hydroxyl groups is 1. The first-order valence-electron chi connectivity index (χ1n) is 12.5. The van der Waals surface area contributed by atoms with Gasteiger partial charge in [-0.2, -0.15) is 0 Å². The molecule has 212 valence electrons. The molecule has 0 aromatic heterocycles. The summed E-state index contributed by atoms with van der Waals surface area (Å²) >= 11 is 0. The fourth-order valence-corrected chi connectivity index (χ4v) is 3.54. The van der Waals surface area contributed by atoms with Gasteiger partial charge in [-0.05, 0) is 49.4 Å². The van der Waals surface area contributed by atoms with Crippen molar-refractivity contribution in [2.75, 3.05) is 6.54 Å². The van der Waals surface area contributed by atoms with Gasteiger partial charge in [0, 0.05) is 6.42 Å². The number of rotatable bonds is 17. The number of carbonyl (C=O) groups excluding carboxylic acids is 3. The number of phenolic OH excluding ortho intramolecular Hbond substituents is 1. The summed E-state index contributed by atoms with van der Waals surface area (Å²) in [6.07, 6.45) is 0.759. The van der Waals surface area contributed by atoms with E-state index in [2.05, 4.69) is 16.0 Å². The lowest BCUT2D eigenvalue weighted by Crippen LogP contribution is -2.58. The second-order valence-corrected chi connectivity index (χ2v) is 9.19. The minimum Gasteiger partial charge on any atom is -0.508 e. The van der Waals surface area contributed by atoms with Gasteiger partial charge < -0.3 is 42.7 Å². The summed E-state index contributed by atoms with van der Waals surface area (Å²) in [5, 5.41) is 35.4. The van der Waals surface area contributed by atoms with E-state index in [1.165, 1.54) is 24.3 Å². The van der Waals surface area contributed by atoms with Crippen molar-refractivity contribution in [1.82, 2.24) is 16.0 Å². The molecule has 13 nitrogen and oxygen atoms in total. The van der Waals surface area contributed by atoms with Gasteiger partial charge in [0.05, 0.1) is 12.5 Å². The first-order valence-corrected chi connectivity index (χ1v) is 12.5. The fourth-order valence-electron chi connectivity index (χ4n) is 3.54. The number of hydrogen-bond donors (Lipinski definition) is 8. The quantitative estimate of drug-likeness (QED) is 0.118. The summed E-state index contributed by atoms with van der Waals surface area (Å²) in [5.41, 5.74) is 12.0. The highest BCUT2D eigenvalue weighted by Crippen LogP contribution is 2.13. The highest BCUT2D eigenvalue weighted by Gasteiger charge is 2.32. The largest absolute Gasteiger partial charge is 0.508 e. The molecule has 0 saturated carbocycles. The van der Waals surface area contributed by atoms with Crippen LogP contribution < -0.4 is 27.4 Å². The lowest BCUT2D eigenvalue weighted by Gasteiger charge is -2.26. The molecule has 5 unspecified atom stereocenters.